The topological polar surface area (TPSA) is 42.3 Å². The van der Waals surface area contributed by atoms with Crippen molar-refractivity contribution in [1.29, 1.82) is 0 Å². The zero-order valence-corrected chi connectivity index (χ0v) is 12.5. The number of ether oxygens (including phenoxy) is 1. The van der Waals surface area contributed by atoms with Crippen molar-refractivity contribution in [3.05, 3.63) is 24.3 Å². The number of aromatic nitrogens is 2. The van der Waals surface area contributed by atoms with Crippen molar-refractivity contribution >= 4 is 17.0 Å². The molecule has 2 unspecified atom stereocenters. The summed E-state index contributed by atoms with van der Waals surface area (Å²) in [6.07, 6.45) is 2.88. The third kappa shape index (κ3) is 2.40. The lowest BCUT2D eigenvalue weighted by atomic mass is 10.2. The molecule has 2 fully saturated rings. The number of nitrogens with one attached hydrogen (secondary N) is 1. The summed E-state index contributed by atoms with van der Waals surface area (Å²) in [6, 6.07) is 8.88. The van der Waals surface area contributed by atoms with Crippen LogP contribution in [0.4, 0.5) is 5.95 Å². The highest BCUT2D eigenvalue weighted by atomic mass is 16.5. The highest BCUT2D eigenvalue weighted by Crippen LogP contribution is 2.23. The Labute approximate surface area is 124 Å². The lowest BCUT2D eigenvalue weighted by Gasteiger charge is -2.35. The Kier molecular flexibility index (Phi) is 3.31. The molecule has 2 aromatic rings. The fraction of sp³-hybridized carbons (Fsp3) is 0.562. The molecule has 0 spiro atoms. The Morgan fingerprint density at radius 1 is 1.38 bits per heavy atom. The first-order chi connectivity index (χ1) is 10.3. The van der Waals surface area contributed by atoms with Crippen LogP contribution in [0.1, 0.15) is 12.8 Å². The number of fused-ring (bicyclic) bond motifs is 2. The van der Waals surface area contributed by atoms with Gasteiger partial charge in [-0.2, -0.15) is 0 Å². The summed E-state index contributed by atoms with van der Waals surface area (Å²) < 4.78 is 8.09. The highest BCUT2D eigenvalue weighted by Gasteiger charge is 2.32. The SMILES string of the molecule is Cn1c(NCC2CN3CCCC3CO2)nc2ccccc21. The summed E-state index contributed by atoms with van der Waals surface area (Å²) in [5, 5.41) is 3.45. The smallest absolute Gasteiger partial charge is 0.203 e. The second-order valence-corrected chi connectivity index (χ2v) is 6.11. The van der Waals surface area contributed by atoms with Gasteiger partial charge in [0.25, 0.3) is 0 Å². The molecule has 0 saturated carbocycles. The van der Waals surface area contributed by atoms with E-state index in [0.29, 0.717) is 6.04 Å². The molecule has 2 atom stereocenters. The van der Waals surface area contributed by atoms with Gasteiger partial charge in [-0.05, 0) is 31.5 Å². The van der Waals surface area contributed by atoms with Gasteiger partial charge in [0.1, 0.15) is 0 Å². The molecule has 4 rings (SSSR count). The molecular formula is C16H22N4O. The number of anilines is 1. The Morgan fingerprint density at radius 3 is 3.19 bits per heavy atom. The van der Waals surface area contributed by atoms with Gasteiger partial charge in [0.15, 0.2) is 0 Å². The maximum absolute atomic E-state index is 5.99. The molecule has 0 bridgehead atoms. The van der Waals surface area contributed by atoms with E-state index in [2.05, 4.69) is 32.9 Å². The average molecular weight is 286 g/mol. The Hall–Kier alpha value is -1.59. The van der Waals surface area contributed by atoms with Crippen LogP contribution >= 0.6 is 0 Å². The largest absolute Gasteiger partial charge is 0.373 e. The van der Waals surface area contributed by atoms with E-state index >= 15 is 0 Å². The number of imidazole rings is 1. The van der Waals surface area contributed by atoms with E-state index in [-0.39, 0.29) is 6.10 Å². The summed E-state index contributed by atoms with van der Waals surface area (Å²) in [4.78, 5) is 7.22. The van der Waals surface area contributed by atoms with Gasteiger partial charge in [-0.25, -0.2) is 4.98 Å². The fourth-order valence-electron chi connectivity index (χ4n) is 3.52. The maximum Gasteiger partial charge on any atom is 0.203 e. The quantitative estimate of drug-likeness (QED) is 0.935. The van der Waals surface area contributed by atoms with Crippen LogP contribution in [-0.4, -0.2) is 52.8 Å². The fourth-order valence-corrected chi connectivity index (χ4v) is 3.52. The molecular weight excluding hydrogens is 264 g/mol. The number of hydrogen-bond donors (Lipinski definition) is 1. The van der Waals surface area contributed by atoms with Gasteiger partial charge in [-0.1, -0.05) is 12.1 Å². The van der Waals surface area contributed by atoms with Crippen LogP contribution in [-0.2, 0) is 11.8 Å². The van der Waals surface area contributed by atoms with E-state index in [0.717, 1.165) is 36.7 Å². The lowest BCUT2D eigenvalue weighted by Crippen LogP contribution is -2.48. The highest BCUT2D eigenvalue weighted by molar-refractivity contribution is 5.78. The zero-order valence-electron chi connectivity index (χ0n) is 12.5. The second kappa shape index (κ2) is 5.31. The standard InChI is InChI=1S/C16H22N4O/c1-19-15-7-3-2-6-14(15)18-16(19)17-9-13-10-20-8-4-5-12(20)11-21-13/h2-3,6-7,12-13H,4-5,8-11H2,1H3,(H,17,18). The Balaban J connectivity index is 1.42. The first kappa shape index (κ1) is 13.1. The van der Waals surface area contributed by atoms with Crippen molar-refractivity contribution in [1.82, 2.24) is 14.5 Å². The van der Waals surface area contributed by atoms with Crippen LogP contribution in [0.3, 0.4) is 0 Å². The molecule has 112 valence electrons. The molecule has 5 nitrogen and oxygen atoms in total. The third-order valence-corrected chi connectivity index (χ3v) is 4.74. The molecule has 2 aliphatic rings. The van der Waals surface area contributed by atoms with E-state index in [1.54, 1.807) is 0 Å². The van der Waals surface area contributed by atoms with Crippen molar-refractivity contribution < 1.29 is 4.74 Å². The summed E-state index contributed by atoms with van der Waals surface area (Å²) in [6.45, 7) is 3.98. The predicted molar refractivity (Wildman–Crippen MR) is 83.5 cm³/mol. The number of aryl methyl sites for hydroxylation is 1. The molecule has 1 aromatic heterocycles. The number of rotatable bonds is 3. The van der Waals surface area contributed by atoms with Crippen molar-refractivity contribution in [2.75, 3.05) is 31.6 Å². The number of morpholine rings is 1. The molecule has 3 heterocycles. The molecule has 21 heavy (non-hydrogen) atoms. The second-order valence-electron chi connectivity index (χ2n) is 6.11. The van der Waals surface area contributed by atoms with Gasteiger partial charge in [0.2, 0.25) is 5.95 Å². The van der Waals surface area contributed by atoms with E-state index in [4.69, 9.17) is 4.74 Å². The number of hydrogen-bond acceptors (Lipinski definition) is 4. The Morgan fingerprint density at radius 2 is 2.29 bits per heavy atom. The number of nitrogens with zero attached hydrogens (tertiary/aromatic N) is 3. The van der Waals surface area contributed by atoms with E-state index in [1.165, 1.54) is 19.4 Å². The van der Waals surface area contributed by atoms with Gasteiger partial charge in [-0.15, -0.1) is 0 Å². The van der Waals surface area contributed by atoms with Crippen LogP contribution in [0.5, 0.6) is 0 Å². The van der Waals surface area contributed by atoms with Crippen molar-refractivity contribution in [3.8, 4) is 0 Å². The summed E-state index contributed by atoms with van der Waals surface area (Å²) >= 11 is 0. The van der Waals surface area contributed by atoms with Gasteiger partial charge in [0, 0.05) is 26.2 Å². The predicted octanol–water partition coefficient (Wildman–Crippen LogP) is 1.85. The normalized spacial score (nSPS) is 26.1. The van der Waals surface area contributed by atoms with Crippen LogP contribution in [0.2, 0.25) is 0 Å². The summed E-state index contributed by atoms with van der Waals surface area (Å²) in [5.74, 6) is 0.920. The first-order valence-corrected chi connectivity index (χ1v) is 7.82. The molecule has 0 amide bonds. The van der Waals surface area contributed by atoms with Gasteiger partial charge in [-0.3, -0.25) is 4.90 Å². The van der Waals surface area contributed by atoms with Crippen molar-refractivity contribution in [3.63, 3.8) is 0 Å². The van der Waals surface area contributed by atoms with E-state index in [1.807, 2.05) is 18.2 Å². The third-order valence-electron chi connectivity index (χ3n) is 4.74. The van der Waals surface area contributed by atoms with Crippen LogP contribution in [0.25, 0.3) is 11.0 Å². The average Bonchev–Trinajstić information content (AvgIpc) is 3.10. The molecule has 1 N–H and O–H groups in total. The molecule has 0 aliphatic carbocycles. The minimum absolute atomic E-state index is 0.263. The van der Waals surface area contributed by atoms with E-state index in [9.17, 15) is 0 Å². The molecule has 2 saturated heterocycles. The summed E-state index contributed by atoms with van der Waals surface area (Å²) in [7, 11) is 2.05. The van der Waals surface area contributed by atoms with Crippen LogP contribution in [0, 0.1) is 0 Å². The molecule has 5 heteroatoms. The minimum atomic E-state index is 0.263. The molecule has 2 aliphatic heterocycles. The summed E-state index contributed by atoms with van der Waals surface area (Å²) in [5.41, 5.74) is 2.19. The van der Waals surface area contributed by atoms with E-state index < -0.39 is 0 Å². The number of para-hydroxylation sites is 2. The lowest BCUT2D eigenvalue weighted by molar-refractivity contribution is -0.0416. The molecule has 1 aromatic carbocycles. The van der Waals surface area contributed by atoms with Gasteiger partial charge >= 0.3 is 0 Å². The zero-order chi connectivity index (χ0) is 14.2. The minimum Gasteiger partial charge on any atom is -0.373 e. The number of benzene rings is 1. The van der Waals surface area contributed by atoms with Gasteiger partial charge in [0.05, 0.1) is 23.7 Å². The van der Waals surface area contributed by atoms with Gasteiger partial charge < -0.3 is 14.6 Å². The monoisotopic (exact) mass is 286 g/mol. The maximum atomic E-state index is 5.99. The van der Waals surface area contributed by atoms with Crippen LogP contribution in [0.15, 0.2) is 24.3 Å². The Bertz CT molecular complexity index is 638. The first-order valence-electron chi connectivity index (χ1n) is 7.82. The van der Waals surface area contributed by atoms with Crippen LogP contribution < -0.4 is 5.32 Å². The molecule has 0 radical (unpaired) electrons. The van der Waals surface area contributed by atoms with Crippen molar-refractivity contribution in [2.45, 2.75) is 25.0 Å². The van der Waals surface area contributed by atoms with Crippen molar-refractivity contribution in [2.24, 2.45) is 7.05 Å².